The van der Waals surface area contributed by atoms with Gasteiger partial charge >= 0.3 is 0 Å². The molecule has 4 nitrogen and oxygen atoms in total. The second-order valence-electron chi connectivity index (χ2n) is 5.05. The van der Waals surface area contributed by atoms with Gasteiger partial charge in [0.15, 0.2) is 5.58 Å². The Balaban J connectivity index is 1.58. The van der Waals surface area contributed by atoms with Gasteiger partial charge in [-0.1, -0.05) is 53.7 Å². The minimum atomic E-state index is -0.152. The lowest BCUT2D eigenvalue weighted by Crippen LogP contribution is -2.28. The van der Waals surface area contributed by atoms with E-state index in [1.807, 2.05) is 55.5 Å². The van der Waals surface area contributed by atoms with Crippen molar-refractivity contribution in [1.29, 1.82) is 0 Å². The molecular formula is C17H15ClN2O2S. The number of hydrogen-bond donors (Lipinski definition) is 1. The maximum atomic E-state index is 12.1. The molecule has 2 aromatic carbocycles. The fourth-order valence-corrected chi connectivity index (χ4v) is 3.18. The minimum Gasteiger partial charge on any atom is -0.431 e. The van der Waals surface area contributed by atoms with Crippen LogP contribution < -0.4 is 5.32 Å². The van der Waals surface area contributed by atoms with Crippen LogP contribution in [0.2, 0.25) is 5.02 Å². The molecule has 0 saturated carbocycles. The van der Waals surface area contributed by atoms with Crippen molar-refractivity contribution in [1.82, 2.24) is 10.3 Å². The van der Waals surface area contributed by atoms with E-state index in [9.17, 15) is 4.79 Å². The van der Waals surface area contributed by atoms with E-state index in [4.69, 9.17) is 16.0 Å². The number of benzene rings is 2. The highest BCUT2D eigenvalue weighted by atomic mass is 35.5. The number of nitrogens with zero attached hydrogens (tertiary/aromatic N) is 1. The van der Waals surface area contributed by atoms with Crippen molar-refractivity contribution >= 4 is 40.4 Å². The van der Waals surface area contributed by atoms with Crippen molar-refractivity contribution in [2.45, 2.75) is 18.2 Å². The van der Waals surface area contributed by atoms with Crippen LogP contribution >= 0.6 is 23.4 Å². The number of halogens is 1. The lowest BCUT2D eigenvalue weighted by molar-refractivity contribution is -0.119. The molecule has 0 unspecified atom stereocenters. The average molecular weight is 347 g/mol. The molecule has 0 spiro atoms. The number of thioether (sulfide) groups is 1. The highest BCUT2D eigenvalue weighted by Crippen LogP contribution is 2.24. The summed E-state index contributed by atoms with van der Waals surface area (Å²) in [6.45, 7) is 1.91. The van der Waals surface area contributed by atoms with Crippen LogP contribution in [0.1, 0.15) is 18.5 Å². The predicted octanol–water partition coefficient (Wildman–Crippen LogP) is 4.45. The lowest BCUT2D eigenvalue weighted by Gasteiger charge is -2.15. The van der Waals surface area contributed by atoms with Crippen LogP contribution in [0.3, 0.4) is 0 Å². The average Bonchev–Trinajstić information content (AvgIpc) is 2.96. The first-order valence-corrected chi connectivity index (χ1v) is 8.52. The maximum Gasteiger partial charge on any atom is 0.257 e. The molecule has 118 valence electrons. The number of oxazole rings is 1. The van der Waals surface area contributed by atoms with E-state index in [0.29, 0.717) is 10.2 Å². The third kappa shape index (κ3) is 3.86. The Morgan fingerprint density at radius 1 is 1.26 bits per heavy atom. The van der Waals surface area contributed by atoms with Crippen molar-refractivity contribution in [3.8, 4) is 0 Å². The van der Waals surface area contributed by atoms with E-state index in [2.05, 4.69) is 10.3 Å². The predicted molar refractivity (Wildman–Crippen MR) is 92.7 cm³/mol. The third-order valence-corrected chi connectivity index (χ3v) is 4.52. The molecule has 0 fully saturated rings. The maximum absolute atomic E-state index is 12.1. The summed E-state index contributed by atoms with van der Waals surface area (Å²) in [5.41, 5.74) is 2.41. The summed E-state index contributed by atoms with van der Waals surface area (Å²) in [4.78, 5) is 16.4. The highest BCUT2D eigenvalue weighted by molar-refractivity contribution is 7.99. The Morgan fingerprint density at radius 3 is 2.78 bits per heavy atom. The molecule has 3 rings (SSSR count). The number of carbonyl (C=O) groups excluding carboxylic acids is 1. The van der Waals surface area contributed by atoms with Gasteiger partial charge in [-0.05, 0) is 30.7 Å². The SMILES string of the molecule is C[C@H](NC(=O)CSc1nc2ccccc2o1)c1ccccc1Cl. The van der Waals surface area contributed by atoms with E-state index < -0.39 is 0 Å². The minimum absolute atomic E-state index is 0.0929. The number of fused-ring (bicyclic) bond motifs is 1. The summed E-state index contributed by atoms with van der Waals surface area (Å²) < 4.78 is 5.58. The topological polar surface area (TPSA) is 55.1 Å². The summed E-state index contributed by atoms with van der Waals surface area (Å²) in [6, 6.07) is 14.8. The zero-order valence-electron chi connectivity index (χ0n) is 12.5. The summed E-state index contributed by atoms with van der Waals surface area (Å²) in [7, 11) is 0. The van der Waals surface area contributed by atoms with Crippen molar-refractivity contribution in [2.75, 3.05) is 5.75 Å². The smallest absolute Gasteiger partial charge is 0.257 e. The Hall–Kier alpha value is -1.98. The van der Waals surface area contributed by atoms with Crippen LogP contribution in [0.5, 0.6) is 0 Å². The lowest BCUT2D eigenvalue weighted by atomic mass is 10.1. The molecule has 0 bridgehead atoms. The molecule has 23 heavy (non-hydrogen) atoms. The number of rotatable bonds is 5. The first-order valence-electron chi connectivity index (χ1n) is 7.15. The fourth-order valence-electron chi connectivity index (χ4n) is 2.23. The molecule has 1 aromatic heterocycles. The van der Waals surface area contributed by atoms with E-state index in [1.165, 1.54) is 11.8 Å². The largest absolute Gasteiger partial charge is 0.431 e. The van der Waals surface area contributed by atoms with Crippen molar-refractivity contribution < 1.29 is 9.21 Å². The normalized spacial score (nSPS) is 12.3. The fraction of sp³-hybridized carbons (Fsp3) is 0.176. The third-order valence-electron chi connectivity index (χ3n) is 3.35. The number of aromatic nitrogens is 1. The van der Waals surface area contributed by atoms with Crippen LogP contribution in [-0.2, 0) is 4.79 Å². The Morgan fingerprint density at radius 2 is 2.00 bits per heavy atom. The zero-order chi connectivity index (χ0) is 16.2. The van der Waals surface area contributed by atoms with Crippen LogP contribution in [-0.4, -0.2) is 16.6 Å². The standard InChI is InChI=1S/C17H15ClN2O2S/c1-11(12-6-2-3-7-13(12)18)19-16(21)10-23-17-20-14-8-4-5-9-15(14)22-17/h2-9,11H,10H2,1H3,(H,19,21)/t11-/m0/s1. The van der Waals surface area contributed by atoms with Gasteiger partial charge in [0.05, 0.1) is 11.8 Å². The first-order chi connectivity index (χ1) is 11.1. The van der Waals surface area contributed by atoms with Gasteiger partial charge in [-0.2, -0.15) is 0 Å². The van der Waals surface area contributed by atoms with E-state index in [-0.39, 0.29) is 17.7 Å². The number of para-hydroxylation sites is 2. The number of hydrogen-bond acceptors (Lipinski definition) is 4. The summed E-state index contributed by atoms with van der Waals surface area (Å²) in [5.74, 6) is 0.145. The molecule has 1 atom stereocenters. The molecule has 1 amide bonds. The molecule has 0 radical (unpaired) electrons. The molecule has 1 N–H and O–H groups in total. The number of carbonyl (C=O) groups is 1. The molecule has 0 aliphatic rings. The highest BCUT2D eigenvalue weighted by Gasteiger charge is 2.14. The molecular weight excluding hydrogens is 332 g/mol. The number of nitrogens with one attached hydrogen (secondary N) is 1. The monoisotopic (exact) mass is 346 g/mol. The summed E-state index contributed by atoms with van der Waals surface area (Å²) in [6.07, 6.45) is 0. The van der Waals surface area contributed by atoms with Crippen LogP contribution in [0.4, 0.5) is 0 Å². The summed E-state index contributed by atoms with van der Waals surface area (Å²) >= 11 is 7.41. The van der Waals surface area contributed by atoms with E-state index in [0.717, 1.165) is 16.7 Å². The van der Waals surface area contributed by atoms with Crippen LogP contribution in [0, 0.1) is 0 Å². The Bertz CT molecular complexity index is 801. The van der Waals surface area contributed by atoms with Crippen molar-refractivity contribution in [2.24, 2.45) is 0 Å². The Labute approximate surface area is 143 Å². The first kappa shape index (κ1) is 15.9. The Kier molecular flexibility index (Phi) is 4.88. The van der Waals surface area contributed by atoms with Gasteiger partial charge in [0, 0.05) is 5.02 Å². The second kappa shape index (κ2) is 7.06. The van der Waals surface area contributed by atoms with E-state index in [1.54, 1.807) is 0 Å². The van der Waals surface area contributed by atoms with Crippen LogP contribution in [0.25, 0.3) is 11.1 Å². The molecule has 0 saturated heterocycles. The second-order valence-corrected chi connectivity index (χ2v) is 6.38. The molecule has 0 aliphatic carbocycles. The van der Waals surface area contributed by atoms with Gasteiger partial charge in [-0.25, -0.2) is 4.98 Å². The van der Waals surface area contributed by atoms with Crippen molar-refractivity contribution in [3.05, 3.63) is 59.1 Å². The number of amides is 1. The van der Waals surface area contributed by atoms with Gasteiger partial charge in [-0.3, -0.25) is 4.79 Å². The van der Waals surface area contributed by atoms with Gasteiger partial charge < -0.3 is 9.73 Å². The molecule has 1 heterocycles. The van der Waals surface area contributed by atoms with Gasteiger partial charge in [-0.15, -0.1) is 0 Å². The molecule has 3 aromatic rings. The van der Waals surface area contributed by atoms with Gasteiger partial charge in [0.1, 0.15) is 5.52 Å². The molecule has 6 heteroatoms. The van der Waals surface area contributed by atoms with E-state index >= 15 is 0 Å². The van der Waals surface area contributed by atoms with Crippen molar-refractivity contribution in [3.63, 3.8) is 0 Å². The van der Waals surface area contributed by atoms with Gasteiger partial charge in [0.25, 0.3) is 5.22 Å². The quantitative estimate of drug-likeness (QED) is 0.693. The van der Waals surface area contributed by atoms with Crippen LogP contribution in [0.15, 0.2) is 58.2 Å². The van der Waals surface area contributed by atoms with Gasteiger partial charge in [0.2, 0.25) is 5.91 Å². The molecule has 0 aliphatic heterocycles. The zero-order valence-corrected chi connectivity index (χ0v) is 14.0. The summed E-state index contributed by atoms with van der Waals surface area (Å²) in [5, 5.41) is 4.06.